The van der Waals surface area contributed by atoms with Gasteiger partial charge in [-0.15, -0.1) is 0 Å². The second-order valence-electron chi connectivity index (χ2n) is 6.57. The predicted molar refractivity (Wildman–Crippen MR) is 75.7 cm³/mol. The maximum atomic E-state index is 9.76. The Kier molecular flexibility index (Phi) is 5.46. The van der Waals surface area contributed by atoms with Crippen LogP contribution < -0.4 is 5.32 Å². The van der Waals surface area contributed by atoms with Crippen molar-refractivity contribution in [3.63, 3.8) is 0 Å². The molecule has 0 aromatic rings. The number of piperidine rings is 1. The van der Waals surface area contributed by atoms with Crippen LogP contribution in [0.1, 0.15) is 46.0 Å². The van der Waals surface area contributed by atoms with Gasteiger partial charge in [-0.3, -0.25) is 0 Å². The summed E-state index contributed by atoms with van der Waals surface area (Å²) in [5.41, 5.74) is 0. The molecule has 0 aromatic heterocycles. The molecule has 1 unspecified atom stereocenters. The molecule has 0 aromatic carbocycles. The molecule has 0 amide bonds. The number of aliphatic hydroxyl groups excluding tert-OH is 1. The Morgan fingerprint density at radius 1 is 1.17 bits per heavy atom. The van der Waals surface area contributed by atoms with Crippen molar-refractivity contribution >= 4 is 0 Å². The molecule has 1 atom stereocenters. The molecule has 2 aliphatic rings. The molecule has 1 aliphatic heterocycles. The van der Waals surface area contributed by atoms with Gasteiger partial charge in [-0.1, -0.05) is 13.8 Å². The first-order chi connectivity index (χ1) is 8.65. The van der Waals surface area contributed by atoms with Crippen LogP contribution in [0.2, 0.25) is 0 Å². The number of nitrogens with zero attached hydrogens (tertiary/aromatic N) is 1. The van der Waals surface area contributed by atoms with Crippen LogP contribution in [-0.2, 0) is 0 Å². The fourth-order valence-corrected chi connectivity index (χ4v) is 2.75. The largest absolute Gasteiger partial charge is 0.393 e. The SMILES string of the molecule is CC(C)C(O)CCNC1CCN(CC2CC2)CC1. The maximum absolute atomic E-state index is 9.76. The lowest BCUT2D eigenvalue weighted by Gasteiger charge is -2.32. The Bertz CT molecular complexity index is 233. The average Bonchev–Trinajstić information content (AvgIpc) is 3.15. The third-order valence-electron chi connectivity index (χ3n) is 4.44. The smallest absolute Gasteiger partial charge is 0.0575 e. The van der Waals surface area contributed by atoms with Gasteiger partial charge in [-0.25, -0.2) is 0 Å². The molecular weight excluding hydrogens is 224 g/mol. The molecule has 3 heteroatoms. The van der Waals surface area contributed by atoms with Gasteiger partial charge in [0.25, 0.3) is 0 Å². The van der Waals surface area contributed by atoms with Crippen LogP contribution in [0.25, 0.3) is 0 Å². The molecule has 2 rings (SSSR count). The van der Waals surface area contributed by atoms with Crippen LogP contribution in [-0.4, -0.2) is 48.3 Å². The zero-order chi connectivity index (χ0) is 13.0. The van der Waals surface area contributed by atoms with E-state index in [4.69, 9.17) is 0 Å². The zero-order valence-corrected chi connectivity index (χ0v) is 12.1. The zero-order valence-electron chi connectivity index (χ0n) is 12.1. The molecule has 1 aliphatic carbocycles. The summed E-state index contributed by atoms with van der Waals surface area (Å²) < 4.78 is 0. The van der Waals surface area contributed by atoms with E-state index in [1.807, 2.05) is 0 Å². The minimum Gasteiger partial charge on any atom is -0.393 e. The minimum absolute atomic E-state index is 0.146. The second kappa shape index (κ2) is 6.88. The quantitative estimate of drug-likeness (QED) is 0.728. The van der Waals surface area contributed by atoms with Gasteiger partial charge in [0.15, 0.2) is 0 Å². The Hall–Kier alpha value is -0.120. The topological polar surface area (TPSA) is 35.5 Å². The van der Waals surface area contributed by atoms with Crippen molar-refractivity contribution in [3.05, 3.63) is 0 Å². The Balaban J connectivity index is 1.53. The van der Waals surface area contributed by atoms with E-state index in [0.29, 0.717) is 12.0 Å². The molecule has 2 N–H and O–H groups in total. The molecule has 0 bridgehead atoms. The van der Waals surface area contributed by atoms with Crippen molar-refractivity contribution in [3.8, 4) is 0 Å². The van der Waals surface area contributed by atoms with Gasteiger partial charge in [-0.05, 0) is 63.6 Å². The molecular formula is C15H30N2O. The van der Waals surface area contributed by atoms with E-state index in [2.05, 4.69) is 24.1 Å². The highest BCUT2D eigenvalue weighted by atomic mass is 16.3. The number of aliphatic hydroxyl groups is 1. The van der Waals surface area contributed by atoms with Crippen LogP contribution in [0.3, 0.4) is 0 Å². The van der Waals surface area contributed by atoms with E-state index in [1.165, 1.54) is 45.3 Å². The van der Waals surface area contributed by atoms with Crippen molar-refractivity contribution in [1.29, 1.82) is 0 Å². The molecule has 18 heavy (non-hydrogen) atoms. The van der Waals surface area contributed by atoms with Crippen molar-refractivity contribution < 1.29 is 5.11 Å². The summed E-state index contributed by atoms with van der Waals surface area (Å²) in [7, 11) is 0. The Labute approximate surface area is 112 Å². The normalized spacial score (nSPS) is 24.7. The molecule has 0 radical (unpaired) electrons. The second-order valence-corrected chi connectivity index (χ2v) is 6.57. The highest BCUT2D eigenvalue weighted by molar-refractivity contribution is 4.82. The first-order valence-corrected chi connectivity index (χ1v) is 7.79. The van der Waals surface area contributed by atoms with Crippen molar-refractivity contribution in [1.82, 2.24) is 10.2 Å². The van der Waals surface area contributed by atoms with Crippen LogP contribution in [0.5, 0.6) is 0 Å². The monoisotopic (exact) mass is 254 g/mol. The third-order valence-corrected chi connectivity index (χ3v) is 4.44. The van der Waals surface area contributed by atoms with E-state index in [9.17, 15) is 5.11 Å². The van der Waals surface area contributed by atoms with Gasteiger partial charge in [0.05, 0.1) is 6.10 Å². The molecule has 3 nitrogen and oxygen atoms in total. The molecule has 2 fully saturated rings. The Morgan fingerprint density at radius 2 is 1.83 bits per heavy atom. The van der Waals surface area contributed by atoms with Gasteiger partial charge in [0, 0.05) is 12.6 Å². The summed E-state index contributed by atoms with van der Waals surface area (Å²) in [5, 5.41) is 13.4. The van der Waals surface area contributed by atoms with Gasteiger partial charge >= 0.3 is 0 Å². The van der Waals surface area contributed by atoms with Crippen LogP contribution in [0, 0.1) is 11.8 Å². The number of hydrogen-bond acceptors (Lipinski definition) is 3. The maximum Gasteiger partial charge on any atom is 0.0575 e. The number of nitrogens with one attached hydrogen (secondary N) is 1. The lowest BCUT2D eigenvalue weighted by molar-refractivity contribution is 0.113. The molecule has 1 saturated carbocycles. The summed E-state index contributed by atoms with van der Waals surface area (Å²) in [6.07, 6.45) is 6.23. The summed E-state index contributed by atoms with van der Waals surface area (Å²) in [6.45, 7) is 9.01. The standard InChI is InChI=1S/C15H30N2O/c1-12(2)15(18)5-8-16-14-6-9-17(10-7-14)11-13-3-4-13/h12-16,18H,3-11H2,1-2H3. The van der Waals surface area contributed by atoms with E-state index in [-0.39, 0.29) is 6.10 Å². The number of likely N-dealkylation sites (tertiary alicyclic amines) is 1. The van der Waals surface area contributed by atoms with Crippen LogP contribution >= 0.6 is 0 Å². The van der Waals surface area contributed by atoms with Crippen LogP contribution in [0.4, 0.5) is 0 Å². The van der Waals surface area contributed by atoms with E-state index >= 15 is 0 Å². The first kappa shape index (κ1) is 14.3. The van der Waals surface area contributed by atoms with Gasteiger partial charge in [0.2, 0.25) is 0 Å². The predicted octanol–water partition coefficient (Wildman–Crippen LogP) is 1.86. The van der Waals surface area contributed by atoms with E-state index in [1.54, 1.807) is 0 Å². The number of hydrogen-bond donors (Lipinski definition) is 2. The minimum atomic E-state index is -0.146. The van der Waals surface area contributed by atoms with Crippen LogP contribution in [0.15, 0.2) is 0 Å². The van der Waals surface area contributed by atoms with Crippen molar-refractivity contribution in [2.75, 3.05) is 26.2 Å². The van der Waals surface area contributed by atoms with E-state index in [0.717, 1.165) is 18.9 Å². The molecule has 0 spiro atoms. The fraction of sp³-hybridized carbons (Fsp3) is 1.00. The van der Waals surface area contributed by atoms with Gasteiger partial charge in [0.1, 0.15) is 0 Å². The fourth-order valence-electron chi connectivity index (χ4n) is 2.75. The van der Waals surface area contributed by atoms with Gasteiger partial charge in [-0.2, -0.15) is 0 Å². The highest BCUT2D eigenvalue weighted by Gasteiger charge is 2.26. The summed E-state index contributed by atoms with van der Waals surface area (Å²) in [5.74, 6) is 1.41. The summed E-state index contributed by atoms with van der Waals surface area (Å²) >= 11 is 0. The summed E-state index contributed by atoms with van der Waals surface area (Å²) in [4.78, 5) is 2.64. The third kappa shape index (κ3) is 4.87. The van der Waals surface area contributed by atoms with E-state index < -0.39 is 0 Å². The van der Waals surface area contributed by atoms with Gasteiger partial charge < -0.3 is 15.3 Å². The molecule has 106 valence electrons. The summed E-state index contributed by atoms with van der Waals surface area (Å²) in [6, 6.07) is 0.680. The van der Waals surface area contributed by atoms with Crippen molar-refractivity contribution in [2.24, 2.45) is 11.8 Å². The average molecular weight is 254 g/mol. The molecule has 1 saturated heterocycles. The van der Waals surface area contributed by atoms with Crippen molar-refractivity contribution in [2.45, 2.75) is 58.1 Å². The molecule has 1 heterocycles. The number of rotatable bonds is 7. The lowest BCUT2D eigenvalue weighted by Crippen LogP contribution is -2.43. The first-order valence-electron chi connectivity index (χ1n) is 7.79. The highest BCUT2D eigenvalue weighted by Crippen LogP contribution is 2.30. The lowest BCUT2D eigenvalue weighted by atomic mass is 10.0. The Morgan fingerprint density at radius 3 is 2.39 bits per heavy atom.